The minimum absolute atomic E-state index is 0.172. The number of phenols is 1. The van der Waals surface area contributed by atoms with Crippen molar-refractivity contribution in [2.45, 2.75) is 31.9 Å². The second kappa shape index (κ2) is 6.24. The highest BCUT2D eigenvalue weighted by molar-refractivity contribution is 6.32. The maximum absolute atomic E-state index is 9.73. The highest BCUT2D eigenvalue weighted by Crippen LogP contribution is 2.26. The number of halogens is 1. The molecule has 2 rings (SSSR count). The fraction of sp³-hybridized carbons (Fsp3) is 0.538. The fourth-order valence-corrected chi connectivity index (χ4v) is 2.23. The summed E-state index contributed by atoms with van der Waals surface area (Å²) in [4.78, 5) is 0. The van der Waals surface area contributed by atoms with Crippen molar-refractivity contribution in [3.05, 3.63) is 28.8 Å². The van der Waals surface area contributed by atoms with Crippen molar-refractivity contribution >= 4 is 11.6 Å². The van der Waals surface area contributed by atoms with Gasteiger partial charge in [-0.15, -0.1) is 0 Å². The van der Waals surface area contributed by atoms with E-state index in [9.17, 15) is 5.11 Å². The van der Waals surface area contributed by atoms with Gasteiger partial charge in [-0.2, -0.15) is 0 Å². The van der Waals surface area contributed by atoms with E-state index in [-0.39, 0.29) is 5.75 Å². The van der Waals surface area contributed by atoms with Crippen molar-refractivity contribution < 1.29 is 9.84 Å². The van der Waals surface area contributed by atoms with Crippen LogP contribution in [0.4, 0.5) is 0 Å². The van der Waals surface area contributed by atoms with Gasteiger partial charge in [-0.3, -0.25) is 0 Å². The first-order valence-corrected chi connectivity index (χ1v) is 6.44. The first-order chi connectivity index (χ1) is 8.27. The van der Waals surface area contributed by atoms with Gasteiger partial charge in [-0.05, 0) is 25.3 Å². The summed E-state index contributed by atoms with van der Waals surface area (Å²) in [6.45, 7) is 2.31. The van der Waals surface area contributed by atoms with Gasteiger partial charge < -0.3 is 15.2 Å². The lowest BCUT2D eigenvalue weighted by molar-refractivity contribution is 0.0167. The summed E-state index contributed by atoms with van der Waals surface area (Å²) < 4.78 is 5.62. The first-order valence-electron chi connectivity index (χ1n) is 6.06. The largest absolute Gasteiger partial charge is 0.506 e. The van der Waals surface area contributed by atoms with E-state index in [1.807, 2.05) is 12.1 Å². The summed E-state index contributed by atoms with van der Waals surface area (Å²) in [5.41, 5.74) is 0.827. The zero-order valence-corrected chi connectivity index (χ0v) is 10.5. The monoisotopic (exact) mass is 255 g/mol. The maximum atomic E-state index is 9.73. The van der Waals surface area contributed by atoms with Crippen LogP contribution in [0.1, 0.15) is 24.8 Å². The topological polar surface area (TPSA) is 41.5 Å². The number of nitrogens with one attached hydrogen (secondary N) is 1. The standard InChI is InChI=1S/C13H18ClNO2/c14-12-6-3-4-10(13(12)16)8-15-9-11-5-1-2-7-17-11/h3-4,6,11,15-16H,1-2,5,7-9H2. The smallest absolute Gasteiger partial charge is 0.138 e. The molecule has 0 radical (unpaired) electrons. The molecule has 1 aromatic rings. The van der Waals surface area contributed by atoms with E-state index < -0.39 is 0 Å². The van der Waals surface area contributed by atoms with Crippen LogP contribution in [-0.4, -0.2) is 24.4 Å². The van der Waals surface area contributed by atoms with E-state index in [0.29, 0.717) is 17.7 Å². The molecular weight excluding hydrogens is 238 g/mol. The Labute approximate surface area is 107 Å². The van der Waals surface area contributed by atoms with Crippen molar-refractivity contribution in [3.8, 4) is 5.75 Å². The lowest BCUT2D eigenvalue weighted by Crippen LogP contribution is -2.31. The molecule has 0 aliphatic carbocycles. The summed E-state index contributed by atoms with van der Waals surface area (Å²) in [6, 6.07) is 5.40. The molecule has 1 saturated heterocycles. The van der Waals surface area contributed by atoms with Gasteiger partial charge in [-0.1, -0.05) is 23.7 Å². The highest BCUT2D eigenvalue weighted by Gasteiger charge is 2.13. The van der Waals surface area contributed by atoms with Crippen LogP contribution in [0.2, 0.25) is 5.02 Å². The number of benzene rings is 1. The van der Waals surface area contributed by atoms with Crippen LogP contribution < -0.4 is 5.32 Å². The van der Waals surface area contributed by atoms with Crippen LogP contribution in [0.25, 0.3) is 0 Å². The Hall–Kier alpha value is -0.770. The number of ether oxygens (including phenoxy) is 1. The summed E-state index contributed by atoms with van der Waals surface area (Å²) >= 11 is 5.84. The van der Waals surface area contributed by atoms with Gasteiger partial charge >= 0.3 is 0 Å². The van der Waals surface area contributed by atoms with Gasteiger partial charge in [0.1, 0.15) is 5.75 Å². The molecule has 2 N–H and O–H groups in total. The van der Waals surface area contributed by atoms with E-state index in [2.05, 4.69) is 5.32 Å². The second-order valence-electron chi connectivity index (χ2n) is 4.37. The summed E-state index contributed by atoms with van der Waals surface area (Å²) in [7, 11) is 0. The van der Waals surface area contributed by atoms with Crippen LogP contribution in [0, 0.1) is 0 Å². The van der Waals surface area contributed by atoms with E-state index >= 15 is 0 Å². The molecule has 1 atom stereocenters. The van der Waals surface area contributed by atoms with Gasteiger partial charge in [0.2, 0.25) is 0 Å². The van der Waals surface area contributed by atoms with Crippen LogP contribution >= 0.6 is 11.6 Å². The number of para-hydroxylation sites is 1. The van der Waals surface area contributed by atoms with Gasteiger partial charge in [-0.25, -0.2) is 0 Å². The molecule has 0 aromatic heterocycles. The molecule has 0 amide bonds. The van der Waals surface area contributed by atoms with E-state index in [1.54, 1.807) is 6.07 Å². The predicted molar refractivity (Wildman–Crippen MR) is 68.4 cm³/mol. The fourth-order valence-electron chi connectivity index (χ4n) is 2.04. The molecule has 17 heavy (non-hydrogen) atoms. The Balaban J connectivity index is 1.79. The molecule has 3 nitrogen and oxygen atoms in total. The molecule has 1 fully saturated rings. The highest BCUT2D eigenvalue weighted by atomic mass is 35.5. The minimum Gasteiger partial charge on any atom is -0.506 e. The van der Waals surface area contributed by atoms with Crippen molar-refractivity contribution in [1.29, 1.82) is 0 Å². The molecule has 94 valence electrons. The number of aromatic hydroxyl groups is 1. The lowest BCUT2D eigenvalue weighted by atomic mass is 10.1. The Kier molecular flexibility index (Phi) is 4.66. The molecule has 0 spiro atoms. The third-order valence-corrected chi connectivity index (χ3v) is 3.34. The second-order valence-corrected chi connectivity index (χ2v) is 4.77. The molecular formula is C13H18ClNO2. The SMILES string of the molecule is Oc1c(Cl)cccc1CNCC1CCCCO1. The number of rotatable bonds is 4. The third kappa shape index (κ3) is 3.60. The molecule has 4 heteroatoms. The average Bonchev–Trinajstić information content (AvgIpc) is 2.36. The van der Waals surface area contributed by atoms with E-state index in [1.165, 1.54) is 12.8 Å². The summed E-state index contributed by atoms with van der Waals surface area (Å²) in [6.07, 6.45) is 3.85. The molecule has 1 unspecified atom stereocenters. The van der Waals surface area contributed by atoms with Crippen molar-refractivity contribution in [3.63, 3.8) is 0 Å². The Morgan fingerprint density at radius 1 is 1.41 bits per heavy atom. The Morgan fingerprint density at radius 3 is 3.06 bits per heavy atom. The number of phenolic OH excluding ortho intramolecular Hbond substituents is 1. The minimum atomic E-state index is 0.172. The van der Waals surface area contributed by atoms with Crippen LogP contribution in [0.5, 0.6) is 5.75 Å². The predicted octanol–water partition coefficient (Wildman–Crippen LogP) is 2.70. The maximum Gasteiger partial charge on any atom is 0.138 e. The molecule has 1 aromatic carbocycles. The Morgan fingerprint density at radius 2 is 2.29 bits per heavy atom. The van der Waals surface area contributed by atoms with Crippen LogP contribution in [0.3, 0.4) is 0 Å². The summed E-state index contributed by atoms with van der Waals surface area (Å²) in [5, 5.41) is 13.4. The molecule has 1 aliphatic rings. The lowest BCUT2D eigenvalue weighted by Gasteiger charge is -2.22. The molecule has 0 bridgehead atoms. The first kappa shape index (κ1) is 12.7. The van der Waals surface area contributed by atoms with E-state index in [4.69, 9.17) is 16.3 Å². The zero-order chi connectivity index (χ0) is 12.1. The van der Waals surface area contributed by atoms with Crippen molar-refractivity contribution in [2.24, 2.45) is 0 Å². The zero-order valence-electron chi connectivity index (χ0n) is 9.79. The third-order valence-electron chi connectivity index (χ3n) is 3.03. The number of hydrogen-bond donors (Lipinski definition) is 2. The van der Waals surface area contributed by atoms with Crippen LogP contribution in [0.15, 0.2) is 18.2 Å². The Bertz CT molecular complexity index is 364. The van der Waals surface area contributed by atoms with Gasteiger partial charge in [0.15, 0.2) is 0 Å². The van der Waals surface area contributed by atoms with E-state index in [0.717, 1.165) is 25.1 Å². The average molecular weight is 256 g/mol. The van der Waals surface area contributed by atoms with Crippen molar-refractivity contribution in [1.82, 2.24) is 5.32 Å². The molecule has 0 saturated carbocycles. The summed E-state index contributed by atoms with van der Waals surface area (Å²) in [5.74, 6) is 0.172. The van der Waals surface area contributed by atoms with Gasteiger partial charge in [0, 0.05) is 25.3 Å². The molecule has 1 aliphatic heterocycles. The molecule has 1 heterocycles. The van der Waals surface area contributed by atoms with Gasteiger partial charge in [0.05, 0.1) is 11.1 Å². The van der Waals surface area contributed by atoms with Crippen molar-refractivity contribution in [2.75, 3.05) is 13.2 Å². The van der Waals surface area contributed by atoms with Gasteiger partial charge in [0.25, 0.3) is 0 Å². The van der Waals surface area contributed by atoms with Crippen LogP contribution in [-0.2, 0) is 11.3 Å². The normalized spacial score (nSPS) is 20.4. The quantitative estimate of drug-likeness (QED) is 0.869. The number of hydrogen-bond acceptors (Lipinski definition) is 3.